The van der Waals surface area contributed by atoms with Gasteiger partial charge in [0, 0.05) is 95.9 Å². The normalized spacial score (nSPS) is 18.0. The molecule has 0 aliphatic carbocycles. The van der Waals surface area contributed by atoms with Crippen molar-refractivity contribution in [1.29, 1.82) is 0 Å². The zero-order chi connectivity index (χ0) is 63.2. The van der Waals surface area contributed by atoms with E-state index in [0.717, 1.165) is 97.4 Å². The van der Waals surface area contributed by atoms with Crippen molar-refractivity contribution in [2.24, 2.45) is 39.9 Å². The molecule has 85 heavy (non-hydrogen) atoms. The van der Waals surface area contributed by atoms with Crippen molar-refractivity contribution in [2.75, 3.05) is 72.5 Å². The fourth-order valence-electron chi connectivity index (χ4n) is 9.96. The highest BCUT2D eigenvalue weighted by atomic mass is 33.1. The first-order valence-corrected chi connectivity index (χ1v) is 41.1. The Morgan fingerprint density at radius 2 is 0.788 bits per heavy atom. The number of ketones is 1. The molecule has 0 aromatic rings. The minimum atomic E-state index is -2.26. The van der Waals surface area contributed by atoms with Crippen molar-refractivity contribution in [1.82, 2.24) is 0 Å². The summed E-state index contributed by atoms with van der Waals surface area (Å²) < 4.78 is 49.4. The Bertz CT molecular complexity index is 2000. The summed E-state index contributed by atoms with van der Waals surface area (Å²) in [6.45, 7) is 28.1. The molecule has 14 nitrogen and oxygen atoms in total. The summed E-state index contributed by atoms with van der Waals surface area (Å²) in [6.07, 6.45) is 11.0. The summed E-state index contributed by atoms with van der Waals surface area (Å²) in [7, 11) is 15.2. The Labute approximate surface area is 544 Å². The van der Waals surface area contributed by atoms with E-state index in [2.05, 4.69) is 13.8 Å². The maximum atomic E-state index is 14.8. The first-order valence-electron chi connectivity index (χ1n) is 31.2. The van der Waals surface area contributed by atoms with Crippen molar-refractivity contribution in [3.8, 4) is 0 Å². The third-order valence-electron chi connectivity index (χ3n) is 17.9. The average Bonchev–Trinajstić information content (AvgIpc) is 3.44. The van der Waals surface area contributed by atoms with E-state index in [9.17, 15) is 28.8 Å². The third-order valence-corrected chi connectivity index (χ3v) is 28.7. The predicted molar refractivity (Wildman–Crippen MR) is 360 cm³/mol. The minimum Gasteiger partial charge on any atom is -0.464 e. The number of carbonyl (C=O) groups is 6. The molecule has 0 amide bonds. The van der Waals surface area contributed by atoms with E-state index < -0.39 is 62.3 Å². The van der Waals surface area contributed by atoms with E-state index in [-0.39, 0.29) is 82.4 Å². The molecule has 1 atom stereocenters. The lowest BCUT2D eigenvalue weighted by Crippen LogP contribution is -2.56. The molecule has 4 aliphatic heterocycles. The van der Waals surface area contributed by atoms with Crippen LogP contribution in [0.4, 0.5) is 0 Å². The summed E-state index contributed by atoms with van der Waals surface area (Å²) in [6, 6.07) is 0. The highest BCUT2D eigenvalue weighted by molar-refractivity contribution is 8.78. The van der Waals surface area contributed by atoms with Crippen LogP contribution in [0.15, 0.2) is 0 Å². The van der Waals surface area contributed by atoms with Crippen LogP contribution in [0.3, 0.4) is 0 Å². The summed E-state index contributed by atoms with van der Waals surface area (Å²) in [5.74, 6) is 6.11. The molecule has 4 fully saturated rings. The molecule has 0 saturated carbocycles. The molecular weight excluding hydrogens is 1240 g/mol. The molecule has 0 aromatic heterocycles. The second-order valence-electron chi connectivity index (χ2n) is 27.8. The van der Waals surface area contributed by atoms with Crippen LogP contribution in [-0.4, -0.2) is 142 Å². The van der Waals surface area contributed by atoms with Crippen LogP contribution in [0.25, 0.3) is 0 Å². The zero-order valence-electron chi connectivity index (χ0n) is 54.4. The van der Waals surface area contributed by atoms with Crippen LogP contribution in [-0.2, 0) is 66.7 Å². The SMILES string of the molecule is CC(OC(C)(C)C(C)(C)COC(C)(C)C(=O)C(C)(COC(=O)CCCCC1CSSC1)COC(=O)CCCCC1CSSC1)C(C)(C)C(C)(C)OCCC(C)(C)OC(=O)C(C)(OC(=O)CCCCC1CSSC1)OC(=O)CCCCC1CSSC1. The van der Waals surface area contributed by atoms with Crippen LogP contribution < -0.4 is 0 Å². The third kappa shape index (κ3) is 26.7. The van der Waals surface area contributed by atoms with Gasteiger partial charge < -0.3 is 37.9 Å². The van der Waals surface area contributed by atoms with Gasteiger partial charge in [-0.25, -0.2) is 4.79 Å². The van der Waals surface area contributed by atoms with Gasteiger partial charge >= 0.3 is 35.6 Å². The molecule has 1 unspecified atom stereocenters. The summed E-state index contributed by atoms with van der Waals surface area (Å²) in [5.41, 5.74) is -6.69. The number of rotatable bonds is 42. The minimum absolute atomic E-state index is 0.0945. The fraction of sp³-hybridized carbons (Fsp3) is 0.905. The van der Waals surface area contributed by atoms with Crippen LogP contribution in [0, 0.1) is 39.9 Å². The average molecular weight is 1350 g/mol. The smallest absolute Gasteiger partial charge is 0.393 e. The largest absolute Gasteiger partial charge is 0.464 e. The van der Waals surface area contributed by atoms with Gasteiger partial charge in [0.05, 0.1) is 35.9 Å². The lowest BCUT2D eigenvalue weighted by molar-refractivity contribution is -0.243. The maximum Gasteiger partial charge on any atom is 0.393 e. The fourth-order valence-corrected chi connectivity index (χ4v) is 22.1. The van der Waals surface area contributed by atoms with Crippen LogP contribution in [0.1, 0.15) is 213 Å². The highest BCUT2D eigenvalue weighted by Crippen LogP contribution is 2.45. The number of esters is 5. The van der Waals surface area contributed by atoms with Crippen LogP contribution in [0.5, 0.6) is 0 Å². The number of unbranched alkanes of at least 4 members (excludes halogenated alkanes) is 4. The topological polar surface area (TPSA) is 176 Å². The molecule has 4 aliphatic rings. The Balaban J connectivity index is 1.33. The van der Waals surface area contributed by atoms with Crippen LogP contribution >= 0.6 is 86.4 Å². The van der Waals surface area contributed by atoms with Crippen molar-refractivity contribution >= 4 is 122 Å². The Morgan fingerprint density at radius 3 is 1.15 bits per heavy atom. The summed E-state index contributed by atoms with van der Waals surface area (Å²) >= 11 is 0. The van der Waals surface area contributed by atoms with Gasteiger partial charge in [-0.1, -0.05) is 140 Å². The van der Waals surface area contributed by atoms with E-state index >= 15 is 0 Å². The molecule has 0 radical (unpaired) electrons. The highest BCUT2D eigenvalue weighted by Gasteiger charge is 2.51. The molecule has 0 bridgehead atoms. The van der Waals surface area contributed by atoms with Gasteiger partial charge in [0.1, 0.15) is 24.4 Å². The lowest BCUT2D eigenvalue weighted by Gasteiger charge is -2.51. The zero-order valence-corrected chi connectivity index (χ0v) is 60.9. The molecule has 492 valence electrons. The van der Waals surface area contributed by atoms with Crippen molar-refractivity contribution in [3.05, 3.63) is 0 Å². The molecule has 0 N–H and O–H groups in total. The number of hydrogen-bond acceptors (Lipinski definition) is 22. The van der Waals surface area contributed by atoms with E-state index in [1.807, 2.05) is 135 Å². The van der Waals surface area contributed by atoms with Crippen molar-refractivity contribution in [3.63, 3.8) is 0 Å². The van der Waals surface area contributed by atoms with Gasteiger partial charge in [0.25, 0.3) is 0 Å². The number of hydrogen-bond donors (Lipinski definition) is 0. The van der Waals surface area contributed by atoms with E-state index in [4.69, 9.17) is 37.9 Å². The number of ether oxygens (including phenoxy) is 8. The van der Waals surface area contributed by atoms with E-state index in [1.165, 1.54) is 6.92 Å². The second-order valence-corrected chi connectivity index (χ2v) is 38.0. The molecule has 4 saturated heterocycles. The first-order chi connectivity index (χ1) is 39.7. The Hall–Kier alpha value is -0.300. The Morgan fingerprint density at radius 1 is 0.435 bits per heavy atom. The maximum absolute atomic E-state index is 14.8. The summed E-state index contributed by atoms with van der Waals surface area (Å²) in [5, 5.41) is 0. The van der Waals surface area contributed by atoms with E-state index in [1.54, 1.807) is 34.6 Å². The van der Waals surface area contributed by atoms with Gasteiger partial charge in [0.2, 0.25) is 0 Å². The van der Waals surface area contributed by atoms with E-state index in [0.29, 0.717) is 49.4 Å². The monoisotopic (exact) mass is 1340 g/mol. The second kappa shape index (κ2) is 36.2. The van der Waals surface area contributed by atoms with Crippen molar-refractivity contribution in [2.45, 2.75) is 247 Å². The van der Waals surface area contributed by atoms with Crippen LogP contribution in [0.2, 0.25) is 0 Å². The Kier molecular flexibility index (Phi) is 32.9. The molecule has 0 spiro atoms. The van der Waals surface area contributed by atoms with Gasteiger partial charge in [-0.2, -0.15) is 0 Å². The van der Waals surface area contributed by atoms with Gasteiger partial charge in [-0.15, -0.1) is 0 Å². The first kappa shape index (κ1) is 77.1. The molecule has 4 heterocycles. The molecule has 0 aromatic carbocycles. The number of Topliss-reactive ketones (excluding diaryl/α,β-unsaturated/α-hetero) is 1. The lowest BCUT2D eigenvalue weighted by atomic mass is 9.71. The molecular formula is C63H108O14S8. The van der Waals surface area contributed by atoms with Gasteiger partial charge in [-0.3, -0.25) is 24.0 Å². The number of carbonyl (C=O) groups excluding carboxylic acids is 6. The quantitative estimate of drug-likeness (QED) is 0.0185. The predicted octanol–water partition coefficient (Wildman–Crippen LogP) is 16.3. The molecule has 22 heteroatoms. The van der Waals surface area contributed by atoms with Gasteiger partial charge in [-0.05, 0) is 144 Å². The van der Waals surface area contributed by atoms with Crippen molar-refractivity contribution < 1.29 is 66.7 Å². The summed E-state index contributed by atoms with van der Waals surface area (Å²) in [4.78, 5) is 81.7. The molecule has 4 rings (SSSR count). The standard InChI is InChI=1S/C63H108O14S8/c1-45(58(6,7)61(12,13)72-33-32-57(4,5)77-55(69)63(15,75-52(66)30-22-18-26-48-38-82-83-39-48)76-53(67)31-23-19-27-49-40-84-85-41-49)74-60(10,11)56(2,3)42-73-59(8,9)54(68)62(14,43-70-50(64)28-20-16-24-46-34-78-79-35-46)44-71-51(65)29-21-17-25-47-36-80-81-37-47/h45-49H,16-44H2,1-15H3. The van der Waals surface area contributed by atoms with Gasteiger partial charge in [0.15, 0.2) is 5.78 Å².